The number of methoxy groups -OCH3 is 2. The first-order chi connectivity index (χ1) is 10.0. The van der Waals surface area contributed by atoms with Gasteiger partial charge in [0.15, 0.2) is 11.5 Å². The van der Waals surface area contributed by atoms with E-state index in [-0.39, 0.29) is 5.92 Å². The van der Waals surface area contributed by atoms with Gasteiger partial charge in [-0.25, -0.2) is 0 Å². The molecule has 6 heteroatoms. The van der Waals surface area contributed by atoms with Gasteiger partial charge < -0.3 is 14.6 Å². The van der Waals surface area contributed by atoms with Crippen molar-refractivity contribution in [3.63, 3.8) is 0 Å². The highest BCUT2D eigenvalue weighted by Gasteiger charge is 2.25. The normalized spacial score (nSPS) is 16.7. The van der Waals surface area contributed by atoms with E-state index < -0.39 is 5.97 Å². The van der Waals surface area contributed by atoms with Crippen molar-refractivity contribution in [2.75, 3.05) is 27.3 Å². The number of ether oxygens (including phenoxy) is 2. The van der Waals surface area contributed by atoms with Crippen molar-refractivity contribution in [2.24, 2.45) is 5.92 Å². The lowest BCUT2D eigenvalue weighted by molar-refractivity contribution is -0.143. The summed E-state index contributed by atoms with van der Waals surface area (Å²) >= 11 is 6.28. The van der Waals surface area contributed by atoms with Gasteiger partial charge in [-0.15, -0.1) is 0 Å². The smallest absolute Gasteiger partial charge is 0.306 e. The van der Waals surface area contributed by atoms with Crippen LogP contribution in [0.3, 0.4) is 0 Å². The summed E-state index contributed by atoms with van der Waals surface area (Å²) in [6.07, 6.45) is 1.36. The van der Waals surface area contributed by atoms with Gasteiger partial charge in [-0.3, -0.25) is 9.69 Å². The van der Waals surface area contributed by atoms with Gasteiger partial charge in [-0.05, 0) is 37.6 Å². The molecule has 0 atom stereocenters. The largest absolute Gasteiger partial charge is 0.493 e. The minimum absolute atomic E-state index is 0.220. The summed E-state index contributed by atoms with van der Waals surface area (Å²) in [5.74, 6) is 0.342. The minimum Gasteiger partial charge on any atom is -0.493 e. The second-order valence-corrected chi connectivity index (χ2v) is 5.59. The van der Waals surface area contributed by atoms with E-state index in [9.17, 15) is 4.79 Å². The Hall–Kier alpha value is -1.46. The summed E-state index contributed by atoms with van der Waals surface area (Å²) in [6, 6.07) is 3.63. The molecule has 1 aromatic rings. The van der Waals surface area contributed by atoms with Crippen molar-refractivity contribution >= 4 is 17.6 Å². The number of carbonyl (C=O) groups is 1. The Morgan fingerprint density at radius 3 is 2.38 bits per heavy atom. The first-order valence-corrected chi connectivity index (χ1v) is 7.28. The highest BCUT2D eigenvalue weighted by Crippen LogP contribution is 2.34. The zero-order valence-corrected chi connectivity index (χ0v) is 13.0. The van der Waals surface area contributed by atoms with E-state index in [1.54, 1.807) is 20.3 Å². The highest BCUT2D eigenvalue weighted by molar-refractivity contribution is 6.31. The Bertz CT molecular complexity index is 513. The van der Waals surface area contributed by atoms with E-state index in [1.807, 2.05) is 6.07 Å². The van der Waals surface area contributed by atoms with E-state index in [0.29, 0.717) is 35.9 Å². The molecule has 21 heavy (non-hydrogen) atoms. The molecule has 0 aromatic heterocycles. The predicted octanol–water partition coefficient (Wildman–Crippen LogP) is 2.65. The highest BCUT2D eigenvalue weighted by atomic mass is 35.5. The molecule has 0 unspecified atom stereocenters. The van der Waals surface area contributed by atoms with E-state index >= 15 is 0 Å². The van der Waals surface area contributed by atoms with Crippen LogP contribution < -0.4 is 9.47 Å². The molecule has 0 radical (unpaired) electrons. The molecule has 1 aliphatic rings. The van der Waals surface area contributed by atoms with Gasteiger partial charge in [0.05, 0.1) is 20.1 Å². The molecule has 1 fully saturated rings. The summed E-state index contributed by atoms with van der Waals surface area (Å²) in [5.41, 5.74) is 0.961. The third-order valence-electron chi connectivity index (χ3n) is 3.88. The third-order valence-corrected chi connectivity index (χ3v) is 4.24. The van der Waals surface area contributed by atoms with Crippen LogP contribution in [0, 0.1) is 5.92 Å². The number of carboxylic acid groups (broad SMARTS) is 1. The fourth-order valence-corrected chi connectivity index (χ4v) is 2.81. The molecule has 1 N–H and O–H groups in total. The first-order valence-electron chi connectivity index (χ1n) is 6.90. The van der Waals surface area contributed by atoms with Gasteiger partial charge in [0, 0.05) is 17.6 Å². The van der Waals surface area contributed by atoms with Crippen molar-refractivity contribution in [1.29, 1.82) is 0 Å². The summed E-state index contributed by atoms with van der Waals surface area (Å²) in [7, 11) is 3.17. The van der Waals surface area contributed by atoms with E-state index in [2.05, 4.69) is 4.90 Å². The SMILES string of the molecule is COc1cc(Cl)c(CN2CCC(C(=O)O)CC2)cc1OC. The molecule has 1 aromatic carbocycles. The molecule has 2 rings (SSSR count). The number of nitrogens with zero attached hydrogens (tertiary/aromatic N) is 1. The number of hydrogen-bond acceptors (Lipinski definition) is 4. The number of hydrogen-bond donors (Lipinski definition) is 1. The number of piperidine rings is 1. The van der Waals surface area contributed by atoms with Gasteiger partial charge in [0.2, 0.25) is 0 Å². The van der Waals surface area contributed by atoms with Crippen LogP contribution in [0.1, 0.15) is 18.4 Å². The molecule has 0 amide bonds. The van der Waals surface area contributed by atoms with Gasteiger partial charge in [-0.1, -0.05) is 11.6 Å². The van der Waals surface area contributed by atoms with Crippen LogP contribution in [0.25, 0.3) is 0 Å². The molecule has 0 saturated carbocycles. The number of benzene rings is 1. The van der Waals surface area contributed by atoms with Crippen molar-refractivity contribution in [3.8, 4) is 11.5 Å². The third kappa shape index (κ3) is 3.80. The fourth-order valence-electron chi connectivity index (χ4n) is 2.60. The van der Waals surface area contributed by atoms with Gasteiger partial charge in [0.25, 0.3) is 0 Å². The van der Waals surface area contributed by atoms with Crippen molar-refractivity contribution in [3.05, 3.63) is 22.7 Å². The summed E-state index contributed by atoms with van der Waals surface area (Å²) in [4.78, 5) is 13.2. The molecule has 0 spiro atoms. The van der Waals surface area contributed by atoms with E-state index in [0.717, 1.165) is 18.7 Å². The van der Waals surface area contributed by atoms with Crippen LogP contribution >= 0.6 is 11.6 Å². The van der Waals surface area contributed by atoms with Crippen LogP contribution in [-0.2, 0) is 11.3 Å². The molecule has 1 heterocycles. The second-order valence-electron chi connectivity index (χ2n) is 5.19. The van der Waals surface area contributed by atoms with Gasteiger partial charge >= 0.3 is 5.97 Å². The average Bonchev–Trinajstić information content (AvgIpc) is 2.49. The van der Waals surface area contributed by atoms with Crippen molar-refractivity contribution in [2.45, 2.75) is 19.4 Å². The Morgan fingerprint density at radius 2 is 1.86 bits per heavy atom. The maximum atomic E-state index is 11.0. The summed E-state index contributed by atoms with van der Waals surface area (Å²) < 4.78 is 10.5. The fraction of sp³-hybridized carbons (Fsp3) is 0.533. The van der Waals surface area contributed by atoms with Gasteiger partial charge in [-0.2, -0.15) is 0 Å². The lowest BCUT2D eigenvalue weighted by atomic mass is 9.97. The second kappa shape index (κ2) is 7.00. The zero-order chi connectivity index (χ0) is 15.4. The minimum atomic E-state index is -0.696. The molecular weight excluding hydrogens is 294 g/mol. The Labute approximate surface area is 129 Å². The van der Waals surface area contributed by atoms with E-state index in [4.69, 9.17) is 26.2 Å². The zero-order valence-electron chi connectivity index (χ0n) is 12.3. The molecule has 1 saturated heterocycles. The Kier molecular flexibility index (Phi) is 5.31. The predicted molar refractivity (Wildman–Crippen MR) is 80.2 cm³/mol. The van der Waals surface area contributed by atoms with Crippen LogP contribution in [-0.4, -0.2) is 43.3 Å². The molecular formula is C15H20ClNO4. The maximum Gasteiger partial charge on any atom is 0.306 e. The quantitative estimate of drug-likeness (QED) is 0.905. The van der Waals surface area contributed by atoms with Crippen molar-refractivity contribution < 1.29 is 19.4 Å². The Balaban J connectivity index is 2.05. The van der Waals surface area contributed by atoms with Gasteiger partial charge in [0.1, 0.15) is 0 Å². The first kappa shape index (κ1) is 15.9. The molecule has 0 bridgehead atoms. The number of carboxylic acids is 1. The molecule has 1 aliphatic heterocycles. The molecule has 5 nitrogen and oxygen atoms in total. The lowest BCUT2D eigenvalue weighted by Crippen LogP contribution is -2.35. The average molecular weight is 314 g/mol. The molecule has 116 valence electrons. The monoisotopic (exact) mass is 313 g/mol. The maximum absolute atomic E-state index is 11.0. The van der Waals surface area contributed by atoms with E-state index in [1.165, 1.54) is 0 Å². The lowest BCUT2D eigenvalue weighted by Gasteiger charge is -2.30. The summed E-state index contributed by atoms with van der Waals surface area (Å²) in [6.45, 7) is 2.22. The van der Waals surface area contributed by atoms with Crippen LogP contribution in [0.2, 0.25) is 5.02 Å². The Morgan fingerprint density at radius 1 is 1.29 bits per heavy atom. The standard InChI is InChI=1S/C15H20ClNO4/c1-20-13-7-11(12(16)8-14(13)21-2)9-17-5-3-10(4-6-17)15(18)19/h7-8,10H,3-6,9H2,1-2H3,(H,18,19). The molecule has 0 aliphatic carbocycles. The summed E-state index contributed by atoms with van der Waals surface area (Å²) in [5, 5.41) is 9.65. The van der Waals surface area contributed by atoms with Crippen LogP contribution in [0.15, 0.2) is 12.1 Å². The number of halogens is 1. The van der Waals surface area contributed by atoms with Crippen LogP contribution in [0.5, 0.6) is 11.5 Å². The number of aliphatic carboxylic acids is 1. The van der Waals surface area contributed by atoms with Crippen molar-refractivity contribution in [1.82, 2.24) is 4.90 Å². The van der Waals surface area contributed by atoms with Crippen LogP contribution in [0.4, 0.5) is 0 Å². The topological polar surface area (TPSA) is 59.0 Å². The number of rotatable bonds is 5. The number of likely N-dealkylation sites (tertiary alicyclic amines) is 1.